The first-order valence-electron chi connectivity index (χ1n) is 4.64. The number of hydrogen-bond acceptors (Lipinski definition) is 5. The molecule has 2 rings (SSSR count). The summed E-state index contributed by atoms with van der Waals surface area (Å²) in [5.41, 5.74) is 1.05. The van der Waals surface area contributed by atoms with E-state index in [-0.39, 0.29) is 0 Å². The molecule has 0 saturated carbocycles. The van der Waals surface area contributed by atoms with E-state index in [0.717, 1.165) is 5.39 Å². The lowest BCUT2D eigenvalue weighted by Crippen LogP contribution is -2.02. The van der Waals surface area contributed by atoms with Gasteiger partial charge in [-0.15, -0.1) is 5.10 Å². The zero-order chi connectivity index (χ0) is 11.5. The molecule has 0 radical (unpaired) electrons. The van der Waals surface area contributed by atoms with Gasteiger partial charge in [0.1, 0.15) is 11.3 Å². The minimum atomic E-state index is -0.406. The average Bonchev–Trinajstić information content (AvgIpc) is 2.36. The van der Waals surface area contributed by atoms with Crippen molar-refractivity contribution < 1.29 is 14.3 Å². The fraction of sp³-hybridized carbons (Fsp3) is 0.182. The van der Waals surface area contributed by atoms with Crippen molar-refractivity contribution in [3.8, 4) is 5.75 Å². The predicted molar refractivity (Wildman–Crippen MR) is 57.4 cm³/mol. The summed E-state index contributed by atoms with van der Waals surface area (Å²) in [6.07, 6.45) is 1.56. The van der Waals surface area contributed by atoms with E-state index in [1.807, 2.05) is 0 Å². The van der Waals surface area contributed by atoms with Crippen LogP contribution in [0, 0.1) is 0 Å². The molecule has 0 amide bonds. The zero-order valence-electron chi connectivity index (χ0n) is 8.93. The van der Waals surface area contributed by atoms with Crippen molar-refractivity contribution in [2.45, 2.75) is 0 Å². The minimum absolute atomic E-state index is 0.406. The van der Waals surface area contributed by atoms with Crippen LogP contribution in [0.1, 0.15) is 10.4 Å². The third kappa shape index (κ3) is 1.67. The van der Waals surface area contributed by atoms with E-state index in [4.69, 9.17) is 4.74 Å². The number of carbonyl (C=O) groups is 1. The Morgan fingerprint density at radius 1 is 1.31 bits per heavy atom. The molecule has 82 valence electrons. The maximum absolute atomic E-state index is 11.4. The van der Waals surface area contributed by atoms with E-state index < -0.39 is 5.97 Å². The summed E-state index contributed by atoms with van der Waals surface area (Å²) >= 11 is 0. The molecular formula is C11H10N2O3. The van der Waals surface area contributed by atoms with E-state index in [0.29, 0.717) is 16.8 Å². The van der Waals surface area contributed by atoms with Crippen LogP contribution >= 0.6 is 0 Å². The Kier molecular flexibility index (Phi) is 2.68. The lowest BCUT2D eigenvalue weighted by Gasteiger charge is -2.06. The van der Waals surface area contributed by atoms with E-state index in [2.05, 4.69) is 14.9 Å². The maximum Gasteiger partial charge on any atom is 0.338 e. The molecule has 0 atom stereocenters. The number of esters is 1. The Morgan fingerprint density at radius 3 is 2.81 bits per heavy atom. The lowest BCUT2D eigenvalue weighted by molar-refractivity contribution is 0.0600. The van der Waals surface area contributed by atoms with Crippen LogP contribution < -0.4 is 4.74 Å². The second-order valence-corrected chi connectivity index (χ2v) is 3.14. The van der Waals surface area contributed by atoms with Crippen molar-refractivity contribution in [2.24, 2.45) is 0 Å². The highest BCUT2D eigenvalue weighted by atomic mass is 16.5. The molecule has 5 nitrogen and oxygen atoms in total. The minimum Gasteiger partial charge on any atom is -0.494 e. The summed E-state index contributed by atoms with van der Waals surface area (Å²) in [6.45, 7) is 0. The van der Waals surface area contributed by atoms with E-state index in [1.165, 1.54) is 14.2 Å². The molecule has 0 bridgehead atoms. The van der Waals surface area contributed by atoms with Gasteiger partial charge in [0.15, 0.2) is 0 Å². The van der Waals surface area contributed by atoms with Gasteiger partial charge in [-0.3, -0.25) is 0 Å². The van der Waals surface area contributed by atoms with Gasteiger partial charge in [0.05, 0.1) is 26.0 Å². The van der Waals surface area contributed by atoms with Crippen molar-refractivity contribution in [3.05, 3.63) is 30.0 Å². The first-order chi connectivity index (χ1) is 7.76. The first kappa shape index (κ1) is 10.4. The van der Waals surface area contributed by atoms with Gasteiger partial charge in [0, 0.05) is 5.39 Å². The van der Waals surface area contributed by atoms with Crippen molar-refractivity contribution in [3.63, 3.8) is 0 Å². The number of nitrogens with zero attached hydrogens (tertiary/aromatic N) is 2. The van der Waals surface area contributed by atoms with Crippen LogP contribution in [0.4, 0.5) is 0 Å². The number of fused-ring (bicyclic) bond motifs is 1. The molecule has 0 saturated heterocycles. The molecule has 0 fully saturated rings. The molecule has 1 aromatic carbocycles. The van der Waals surface area contributed by atoms with Gasteiger partial charge in [0.2, 0.25) is 0 Å². The fourth-order valence-electron chi connectivity index (χ4n) is 1.46. The van der Waals surface area contributed by atoms with E-state index in [1.54, 1.807) is 24.4 Å². The van der Waals surface area contributed by atoms with E-state index >= 15 is 0 Å². The molecule has 0 N–H and O–H groups in total. The molecule has 1 heterocycles. The lowest BCUT2D eigenvalue weighted by atomic mass is 10.1. The summed E-state index contributed by atoms with van der Waals surface area (Å²) in [5, 5.41) is 8.51. The first-order valence-corrected chi connectivity index (χ1v) is 4.64. The van der Waals surface area contributed by atoms with Crippen molar-refractivity contribution >= 4 is 16.9 Å². The Hall–Kier alpha value is -2.17. The number of benzene rings is 1. The molecule has 2 aromatic rings. The van der Waals surface area contributed by atoms with Crippen LogP contribution in [-0.4, -0.2) is 30.4 Å². The standard InChI is InChI=1S/C11H10N2O3/c1-15-9-6-8(11(14)16-2)5-7-3-4-12-13-10(7)9/h3-6H,1-2H3. The van der Waals surface area contributed by atoms with Crippen LogP contribution in [0.3, 0.4) is 0 Å². The number of ether oxygens (including phenoxy) is 2. The monoisotopic (exact) mass is 218 g/mol. The summed E-state index contributed by atoms with van der Waals surface area (Å²) in [5.74, 6) is 0.100. The Morgan fingerprint density at radius 2 is 2.12 bits per heavy atom. The quantitative estimate of drug-likeness (QED) is 0.713. The number of methoxy groups -OCH3 is 2. The highest BCUT2D eigenvalue weighted by molar-refractivity contribution is 5.96. The normalized spacial score (nSPS) is 10.1. The Balaban J connectivity index is 2.68. The molecule has 0 unspecified atom stereocenters. The molecule has 0 aliphatic heterocycles. The predicted octanol–water partition coefficient (Wildman–Crippen LogP) is 1.43. The van der Waals surface area contributed by atoms with Gasteiger partial charge in [-0.2, -0.15) is 5.10 Å². The highest BCUT2D eigenvalue weighted by Gasteiger charge is 2.11. The van der Waals surface area contributed by atoms with Crippen molar-refractivity contribution in [1.29, 1.82) is 0 Å². The molecule has 5 heteroatoms. The second kappa shape index (κ2) is 4.14. The van der Waals surface area contributed by atoms with Crippen LogP contribution in [0.2, 0.25) is 0 Å². The van der Waals surface area contributed by atoms with Gasteiger partial charge in [-0.25, -0.2) is 4.79 Å². The number of hydrogen-bond donors (Lipinski definition) is 0. The molecule has 16 heavy (non-hydrogen) atoms. The van der Waals surface area contributed by atoms with Gasteiger partial charge < -0.3 is 9.47 Å². The van der Waals surface area contributed by atoms with Gasteiger partial charge >= 0.3 is 5.97 Å². The topological polar surface area (TPSA) is 61.3 Å². The summed E-state index contributed by atoms with van der Waals surface area (Å²) in [6, 6.07) is 5.04. The van der Waals surface area contributed by atoms with E-state index in [9.17, 15) is 4.79 Å². The highest BCUT2D eigenvalue weighted by Crippen LogP contribution is 2.25. The van der Waals surface area contributed by atoms with Crippen LogP contribution in [0.5, 0.6) is 5.75 Å². The second-order valence-electron chi connectivity index (χ2n) is 3.14. The molecule has 0 spiro atoms. The smallest absolute Gasteiger partial charge is 0.338 e. The summed E-state index contributed by atoms with van der Waals surface area (Å²) in [4.78, 5) is 11.4. The Bertz CT molecular complexity index is 540. The van der Waals surface area contributed by atoms with Gasteiger partial charge in [-0.05, 0) is 18.2 Å². The molecule has 0 aliphatic rings. The Labute approximate surface area is 92.0 Å². The number of carbonyl (C=O) groups excluding carboxylic acids is 1. The molecule has 1 aromatic heterocycles. The van der Waals surface area contributed by atoms with Crippen LogP contribution in [-0.2, 0) is 4.74 Å². The van der Waals surface area contributed by atoms with Gasteiger partial charge in [0.25, 0.3) is 0 Å². The average molecular weight is 218 g/mol. The number of aromatic nitrogens is 2. The van der Waals surface area contributed by atoms with Crippen molar-refractivity contribution in [2.75, 3.05) is 14.2 Å². The van der Waals surface area contributed by atoms with Crippen LogP contribution in [0.25, 0.3) is 10.9 Å². The summed E-state index contributed by atoms with van der Waals surface area (Å²) in [7, 11) is 2.86. The molecule has 0 aliphatic carbocycles. The van der Waals surface area contributed by atoms with Crippen LogP contribution in [0.15, 0.2) is 24.4 Å². The zero-order valence-corrected chi connectivity index (χ0v) is 8.93. The largest absolute Gasteiger partial charge is 0.494 e. The maximum atomic E-state index is 11.4. The molecular weight excluding hydrogens is 208 g/mol. The fourth-order valence-corrected chi connectivity index (χ4v) is 1.46. The SMILES string of the molecule is COC(=O)c1cc(OC)c2nnccc2c1. The number of rotatable bonds is 2. The third-order valence-corrected chi connectivity index (χ3v) is 2.22. The summed E-state index contributed by atoms with van der Waals surface area (Å²) < 4.78 is 9.81. The van der Waals surface area contributed by atoms with Crippen molar-refractivity contribution in [1.82, 2.24) is 10.2 Å². The van der Waals surface area contributed by atoms with Gasteiger partial charge in [-0.1, -0.05) is 0 Å². The third-order valence-electron chi connectivity index (χ3n) is 2.22.